The smallest absolute Gasteiger partial charge is 0.0798 e. The van der Waals surface area contributed by atoms with Crippen LogP contribution in [0.2, 0.25) is 0 Å². The van der Waals surface area contributed by atoms with Crippen molar-refractivity contribution < 1.29 is 5.11 Å². The molecule has 1 atom stereocenters. The van der Waals surface area contributed by atoms with Crippen molar-refractivity contribution >= 4 is 17.0 Å². The molecule has 0 aliphatic heterocycles. The summed E-state index contributed by atoms with van der Waals surface area (Å²) in [4.78, 5) is 5.50. The van der Waals surface area contributed by atoms with Gasteiger partial charge in [0.2, 0.25) is 0 Å². The second kappa shape index (κ2) is 5.29. The highest BCUT2D eigenvalue weighted by Gasteiger charge is 2.10. The van der Waals surface area contributed by atoms with Crippen LogP contribution < -0.4 is 5.32 Å². The number of benzene rings is 1. The highest BCUT2D eigenvalue weighted by atomic mass is 32.1. The lowest BCUT2D eigenvalue weighted by Crippen LogP contribution is -2.06. The van der Waals surface area contributed by atoms with Crippen molar-refractivity contribution in [2.45, 2.75) is 26.5 Å². The zero-order valence-electron chi connectivity index (χ0n) is 9.97. The molecule has 0 saturated carbocycles. The van der Waals surface area contributed by atoms with Gasteiger partial charge in [-0.05, 0) is 31.5 Å². The fourth-order valence-corrected chi connectivity index (χ4v) is 2.61. The molecule has 4 heteroatoms. The molecular weight excluding hydrogens is 232 g/mol. The first-order chi connectivity index (χ1) is 8.20. The third-order valence-corrected chi connectivity index (χ3v) is 3.78. The van der Waals surface area contributed by atoms with Gasteiger partial charge < -0.3 is 10.4 Å². The third-order valence-electron chi connectivity index (χ3n) is 2.67. The Morgan fingerprint density at radius 1 is 1.47 bits per heavy atom. The topological polar surface area (TPSA) is 45.2 Å². The number of anilines is 1. The molecule has 0 aliphatic rings. The summed E-state index contributed by atoms with van der Waals surface area (Å²) in [5, 5.41) is 12.5. The molecule has 0 amide bonds. The van der Waals surface area contributed by atoms with Crippen LogP contribution in [0.1, 0.15) is 29.1 Å². The van der Waals surface area contributed by atoms with Crippen molar-refractivity contribution in [2.75, 3.05) is 5.32 Å². The van der Waals surface area contributed by atoms with Crippen molar-refractivity contribution in [3.63, 3.8) is 0 Å². The first-order valence-electron chi connectivity index (χ1n) is 5.57. The van der Waals surface area contributed by atoms with Gasteiger partial charge in [0.05, 0.1) is 23.9 Å². The summed E-state index contributed by atoms with van der Waals surface area (Å²) < 4.78 is 0. The van der Waals surface area contributed by atoms with Crippen molar-refractivity contribution in [3.05, 3.63) is 45.9 Å². The molecule has 2 N–H and O–H groups in total. The van der Waals surface area contributed by atoms with E-state index in [1.165, 1.54) is 4.88 Å². The molecule has 0 radical (unpaired) electrons. The van der Waals surface area contributed by atoms with Crippen LogP contribution in [0.3, 0.4) is 0 Å². The summed E-state index contributed by atoms with van der Waals surface area (Å²) in [6, 6.07) is 8.06. The number of hydrogen-bond donors (Lipinski definition) is 2. The first-order valence-corrected chi connectivity index (χ1v) is 6.45. The zero-order chi connectivity index (χ0) is 12.3. The Bertz CT molecular complexity index is 496. The Hall–Kier alpha value is -1.39. The number of nitrogens with zero attached hydrogens (tertiary/aromatic N) is 1. The minimum absolute atomic E-state index is 0.0729. The monoisotopic (exact) mass is 248 g/mol. The van der Waals surface area contributed by atoms with Gasteiger partial charge in [0, 0.05) is 10.6 Å². The molecule has 17 heavy (non-hydrogen) atoms. The number of aliphatic hydroxyl groups is 1. The summed E-state index contributed by atoms with van der Waals surface area (Å²) in [6.07, 6.45) is 0. The first kappa shape index (κ1) is 12.1. The fraction of sp³-hybridized carbons (Fsp3) is 0.308. The number of aryl methyl sites for hydroxylation is 1. The maximum atomic E-state index is 9.09. The number of nitrogens with one attached hydrogen (secondary N) is 1. The Kier molecular flexibility index (Phi) is 3.76. The molecule has 90 valence electrons. The van der Waals surface area contributed by atoms with Crippen LogP contribution in [0.4, 0.5) is 5.69 Å². The van der Waals surface area contributed by atoms with E-state index in [-0.39, 0.29) is 12.6 Å². The van der Waals surface area contributed by atoms with E-state index in [1.54, 1.807) is 11.3 Å². The predicted octanol–water partition coefficient (Wildman–Crippen LogP) is 3.12. The lowest BCUT2D eigenvalue weighted by atomic mass is 10.2. The van der Waals surface area contributed by atoms with E-state index >= 15 is 0 Å². The average Bonchev–Trinajstić information content (AvgIpc) is 2.76. The molecular formula is C13H16N2OS. The highest BCUT2D eigenvalue weighted by molar-refractivity contribution is 7.09. The quantitative estimate of drug-likeness (QED) is 0.873. The second-order valence-electron chi connectivity index (χ2n) is 4.03. The average molecular weight is 248 g/mol. The van der Waals surface area contributed by atoms with E-state index in [1.807, 2.05) is 36.7 Å². The van der Waals surface area contributed by atoms with E-state index in [2.05, 4.69) is 17.2 Å². The maximum Gasteiger partial charge on any atom is 0.0798 e. The number of rotatable bonds is 4. The predicted molar refractivity (Wildman–Crippen MR) is 71.3 cm³/mol. The van der Waals surface area contributed by atoms with Gasteiger partial charge >= 0.3 is 0 Å². The van der Waals surface area contributed by atoms with Crippen LogP contribution in [0.15, 0.2) is 29.8 Å². The van der Waals surface area contributed by atoms with Gasteiger partial charge in [-0.2, -0.15) is 0 Å². The van der Waals surface area contributed by atoms with Crippen molar-refractivity contribution in [2.24, 2.45) is 0 Å². The van der Waals surface area contributed by atoms with Crippen LogP contribution >= 0.6 is 11.3 Å². The minimum atomic E-state index is 0.0729. The van der Waals surface area contributed by atoms with E-state index in [9.17, 15) is 0 Å². The minimum Gasteiger partial charge on any atom is -0.392 e. The zero-order valence-corrected chi connectivity index (χ0v) is 10.8. The molecule has 3 nitrogen and oxygen atoms in total. The van der Waals surface area contributed by atoms with Crippen LogP contribution in [0.5, 0.6) is 0 Å². The lowest BCUT2D eigenvalue weighted by molar-refractivity contribution is 0.282. The molecule has 0 aliphatic carbocycles. The number of aliphatic hydroxyl groups excluding tert-OH is 1. The van der Waals surface area contributed by atoms with Crippen LogP contribution in [-0.4, -0.2) is 10.1 Å². The summed E-state index contributed by atoms with van der Waals surface area (Å²) in [5.74, 6) is 0. The van der Waals surface area contributed by atoms with Gasteiger partial charge in [-0.25, -0.2) is 4.98 Å². The van der Waals surface area contributed by atoms with Crippen molar-refractivity contribution in [1.29, 1.82) is 0 Å². The van der Waals surface area contributed by atoms with E-state index < -0.39 is 0 Å². The Balaban J connectivity index is 2.13. The van der Waals surface area contributed by atoms with Gasteiger partial charge in [0.1, 0.15) is 0 Å². The van der Waals surface area contributed by atoms with Crippen molar-refractivity contribution in [3.8, 4) is 0 Å². The molecule has 2 aromatic rings. The van der Waals surface area contributed by atoms with Crippen LogP contribution in [-0.2, 0) is 6.61 Å². The van der Waals surface area contributed by atoms with Gasteiger partial charge in [-0.1, -0.05) is 12.1 Å². The molecule has 0 bridgehead atoms. The van der Waals surface area contributed by atoms with Crippen molar-refractivity contribution in [1.82, 2.24) is 4.98 Å². The summed E-state index contributed by atoms with van der Waals surface area (Å²) in [7, 11) is 0. The van der Waals surface area contributed by atoms with Crippen LogP contribution in [0, 0.1) is 6.92 Å². The fourth-order valence-electron chi connectivity index (χ4n) is 1.80. The molecule has 1 aromatic heterocycles. The Labute approximate surface area is 105 Å². The molecule has 0 spiro atoms. The number of thiazole rings is 1. The van der Waals surface area contributed by atoms with E-state index in [4.69, 9.17) is 5.11 Å². The standard InChI is InChI=1S/C13H16N2OS/c1-9-13(17-8-14-9)10(2)15-12-5-3-4-11(6-12)7-16/h3-6,8,10,15-16H,7H2,1-2H3. The summed E-state index contributed by atoms with van der Waals surface area (Å²) >= 11 is 1.66. The Morgan fingerprint density at radius 3 is 2.94 bits per heavy atom. The molecule has 1 heterocycles. The maximum absolute atomic E-state index is 9.09. The van der Waals surface area contributed by atoms with Gasteiger partial charge in [0.15, 0.2) is 0 Å². The molecule has 2 rings (SSSR count). The largest absolute Gasteiger partial charge is 0.392 e. The number of aromatic nitrogens is 1. The summed E-state index contributed by atoms with van der Waals surface area (Å²) in [6.45, 7) is 4.21. The normalized spacial score (nSPS) is 12.4. The third kappa shape index (κ3) is 2.84. The molecule has 1 aromatic carbocycles. The number of hydrogen-bond acceptors (Lipinski definition) is 4. The molecule has 0 fully saturated rings. The van der Waals surface area contributed by atoms with Gasteiger partial charge in [-0.3, -0.25) is 0 Å². The lowest BCUT2D eigenvalue weighted by Gasteiger charge is -2.14. The highest BCUT2D eigenvalue weighted by Crippen LogP contribution is 2.25. The van der Waals surface area contributed by atoms with Gasteiger partial charge in [0.25, 0.3) is 0 Å². The van der Waals surface area contributed by atoms with E-state index in [0.717, 1.165) is 16.9 Å². The SMILES string of the molecule is Cc1ncsc1C(C)Nc1cccc(CO)c1. The van der Waals surface area contributed by atoms with Gasteiger partial charge in [-0.15, -0.1) is 11.3 Å². The van der Waals surface area contributed by atoms with Crippen LogP contribution in [0.25, 0.3) is 0 Å². The Morgan fingerprint density at radius 2 is 2.29 bits per heavy atom. The molecule has 1 unspecified atom stereocenters. The van der Waals surface area contributed by atoms with E-state index in [0.29, 0.717) is 0 Å². The summed E-state index contributed by atoms with van der Waals surface area (Å²) in [5.41, 5.74) is 4.89. The second-order valence-corrected chi connectivity index (χ2v) is 4.91. The molecule has 0 saturated heterocycles.